The predicted octanol–water partition coefficient (Wildman–Crippen LogP) is 2.46. The average molecular weight is 282 g/mol. The first-order valence-electron chi connectivity index (χ1n) is 6.28. The lowest BCUT2D eigenvalue weighted by atomic mass is 10.2. The first kappa shape index (κ1) is 14.4. The normalized spacial score (nSPS) is 11.1. The Balaban J connectivity index is 1.90. The molecule has 1 aromatic carbocycles. The molecule has 0 bridgehead atoms. The van der Waals surface area contributed by atoms with E-state index in [1.165, 1.54) is 12.1 Å². The zero-order valence-corrected chi connectivity index (χ0v) is 11.3. The van der Waals surface area contributed by atoms with Crippen molar-refractivity contribution in [3.63, 3.8) is 0 Å². The van der Waals surface area contributed by atoms with Gasteiger partial charge in [0.05, 0.1) is 6.54 Å². The number of hydrogen-bond acceptors (Lipinski definition) is 5. The fourth-order valence-corrected chi connectivity index (χ4v) is 1.52. The molecule has 0 saturated heterocycles. The van der Waals surface area contributed by atoms with E-state index in [2.05, 4.69) is 20.8 Å². The smallest absolute Gasteiger partial charge is 0.315 e. The quantitative estimate of drug-likeness (QED) is 0.852. The van der Waals surface area contributed by atoms with Gasteiger partial charge in [-0.15, -0.1) is 5.10 Å². The van der Waals surface area contributed by atoms with Crippen LogP contribution in [0.4, 0.5) is 14.8 Å². The third kappa shape index (κ3) is 3.99. The molecule has 0 unspecified atom stereocenters. The summed E-state index contributed by atoms with van der Waals surface area (Å²) in [5.74, 6) is -0.773. The van der Waals surface area contributed by atoms with Gasteiger partial charge in [0.1, 0.15) is 11.6 Å². The molecule has 1 aromatic heterocycles. The first-order chi connectivity index (χ1) is 9.54. The minimum atomic E-state index is -0.612. The van der Waals surface area contributed by atoms with Crippen molar-refractivity contribution in [3.8, 4) is 0 Å². The van der Waals surface area contributed by atoms with Gasteiger partial charge in [-0.1, -0.05) is 25.0 Å². The van der Waals surface area contributed by atoms with Crippen molar-refractivity contribution in [3.05, 3.63) is 41.3 Å². The minimum Gasteiger partial charge on any atom is -0.407 e. The van der Waals surface area contributed by atoms with Crippen LogP contribution in [0, 0.1) is 11.6 Å². The largest absolute Gasteiger partial charge is 0.407 e. The molecule has 0 aliphatic carbocycles. The Labute approximate surface area is 115 Å². The molecule has 0 fully saturated rings. The lowest BCUT2D eigenvalue weighted by Gasteiger charge is -2.04. The molecule has 0 atom stereocenters. The summed E-state index contributed by atoms with van der Waals surface area (Å²) in [5, 5.41) is 13.6. The van der Waals surface area contributed by atoms with Crippen molar-refractivity contribution >= 4 is 6.01 Å². The van der Waals surface area contributed by atoms with Gasteiger partial charge >= 0.3 is 6.01 Å². The molecule has 0 saturated carbocycles. The van der Waals surface area contributed by atoms with Gasteiger partial charge in [-0.25, -0.2) is 8.78 Å². The summed E-state index contributed by atoms with van der Waals surface area (Å²) in [5.41, 5.74) is 0.325. The van der Waals surface area contributed by atoms with Crippen LogP contribution in [0.2, 0.25) is 0 Å². The summed E-state index contributed by atoms with van der Waals surface area (Å²) in [4.78, 5) is 0. The van der Waals surface area contributed by atoms with E-state index in [0.717, 1.165) is 6.07 Å². The Bertz CT molecular complexity index is 571. The van der Waals surface area contributed by atoms with E-state index in [1.54, 1.807) is 0 Å². The predicted molar refractivity (Wildman–Crippen MR) is 70.0 cm³/mol. The minimum absolute atomic E-state index is 0.144. The van der Waals surface area contributed by atoms with Crippen molar-refractivity contribution in [2.45, 2.75) is 33.0 Å². The van der Waals surface area contributed by atoms with E-state index < -0.39 is 11.6 Å². The van der Waals surface area contributed by atoms with Crippen molar-refractivity contribution in [2.75, 3.05) is 5.32 Å². The highest BCUT2D eigenvalue weighted by Crippen LogP contribution is 2.12. The van der Waals surface area contributed by atoms with Crippen molar-refractivity contribution in [1.29, 1.82) is 0 Å². The molecule has 108 valence electrons. The zero-order valence-electron chi connectivity index (χ0n) is 11.3. The maximum absolute atomic E-state index is 13.4. The number of nitrogens with one attached hydrogen (secondary N) is 2. The van der Waals surface area contributed by atoms with E-state index in [9.17, 15) is 8.78 Å². The number of benzene rings is 1. The number of halogens is 2. The molecule has 0 aliphatic rings. The summed E-state index contributed by atoms with van der Waals surface area (Å²) in [7, 11) is 0. The van der Waals surface area contributed by atoms with Crippen LogP contribution in [0.5, 0.6) is 0 Å². The van der Waals surface area contributed by atoms with Gasteiger partial charge in [-0.2, -0.15) is 0 Å². The van der Waals surface area contributed by atoms with Crippen molar-refractivity contribution < 1.29 is 13.2 Å². The fourth-order valence-electron chi connectivity index (χ4n) is 1.52. The number of anilines is 1. The van der Waals surface area contributed by atoms with E-state index in [-0.39, 0.29) is 12.6 Å². The lowest BCUT2D eigenvalue weighted by molar-refractivity contribution is 0.458. The Morgan fingerprint density at radius 3 is 2.70 bits per heavy atom. The highest BCUT2D eigenvalue weighted by atomic mass is 19.1. The number of nitrogens with zero attached hydrogens (tertiary/aromatic N) is 2. The van der Waals surface area contributed by atoms with E-state index >= 15 is 0 Å². The van der Waals surface area contributed by atoms with Gasteiger partial charge in [0, 0.05) is 24.2 Å². The Morgan fingerprint density at radius 2 is 2.00 bits per heavy atom. The molecule has 20 heavy (non-hydrogen) atoms. The van der Waals surface area contributed by atoms with E-state index in [4.69, 9.17) is 4.42 Å². The van der Waals surface area contributed by atoms with Crippen LogP contribution in [0.3, 0.4) is 0 Å². The van der Waals surface area contributed by atoms with E-state index in [0.29, 0.717) is 24.0 Å². The summed E-state index contributed by atoms with van der Waals surface area (Å²) < 4.78 is 31.5. The third-order valence-corrected chi connectivity index (χ3v) is 2.57. The highest BCUT2D eigenvalue weighted by molar-refractivity contribution is 5.25. The molecule has 0 amide bonds. The zero-order chi connectivity index (χ0) is 14.5. The fraction of sp³-hybridized carbons (Fsp3) is 0.385. The van der Waals surface area contributed by atoms with Gasteiger partial charge in [0.2, 0.25) is 5.89 Å². The summed E-state index contributed by atoms with van der Waals surface area (Å²) in [6.07, 6.45) is 0. The summed E-state index contributed by atoms with van der Waals surface area (Å²) >= 11 is 0. The number of hydrogen-bond donors (Lipinski definition) is 2. The highest BCUT2D eigenvalue weighted by Gasteiger charge is 2.08. The van der Waals surface area contributed by atoms with Gasteiger partial charge < -0.3 is 15.1 Å². The molecule has 1 heterocycles. The van der Waals surface area contributed by atoms with Crippen LogP contribution >= 0.6 is 0 Å². The summed E-state index contributed by atoms with van der Waals surface area (Å²) in [6, 6.07) is 3.92. The average Bonchev–Trinajstić information content (AvgIpc) is 2.83. The molecule has 2 N–H and O–H groups in total. The van der Waals surface area contributed by atoms with Gasteiger partial charge in [0.15, 0.2) is 0 Å². The molecule has 0 aliphatic heterocycles. The van der Waals surface area contributed by atoms with Crippen LogP contribution < -0.4 is 10.6 Å². The summed E-state index contributed by atoms with van der Waals surface area (Å²) in [6.45, 7) is 4.63. The van der Waals surface area contributed by atoms with Crippen molar-refractivity contribution in [2.24, 2.45) is 0 Å². The van der Waals surface area contributed by atoms with Crippen LogP contribution in [0.15, 0.2) is 22.6 Å². The molecular formula is C13H16F2N4O. The van der Waals surface area contributed by atoms with Crippen LogP contribution in [0.1, 0.15) is 25.3 Å². The Morgan fingerprint density at radius 1 is 1.20 bits per heavy atom. The second-order valence-corrected chi connectivity index (χ2v) is 4.63. The standard InChI is InChI=1S/C13H16F2N4O/c1-8(2)16-7-12-18-19-13(20-12)17-6-9-3-4-10(14)5-11(9)15/h3-5,8,16H,6-7H2,1-2H3,(H,17,19). The SMILES string of the molecule is CC(C)NCc1nnc(NCc2ccc(F)cc2F)o1. The Hall–Kier alpha value is -2.02. The molecule has 5 nitrogen and oxygen atoms in total. The number of rotatable bonds is 6. The number of aromatic nitrogens is 2. The second kappa shape index (κ2) is 6.42. The van der Waals surface area contributed by atoms with Crippen LogP contribution in [-0.2, 0) is 13.1 Å². The topological polar surface area (TPSA) is 63.0 Å². The maximum atomic E-state index is 13.4. The van der Waals surface area contributed by atoms with Gasteiger partial charge in [-0.05, 0) is 6.07 Å². The van der Waals surface area contributed by atoms with E-state index in [1.807, 2.05) is 13.8 Å². The van der Waals surface area contributed by atoms with Gasteiger partial charge in [0.25, 0.3) is 0 Å². The molecule has 2 rings (SSSR count). The molecule has 7 heteroatoms. The molecule has 0 radical (unpaired) electrons. The molecular weight excluding hydrogens is 266 g/mol. The Kier molecular flexibility index (Phi) is 4.62. The third-order valence-electron chi connectivity index (χ3n) is 2.57. The maximum Gasteiger partial charge on any atom is 0.315 e. The van der Waals surface area contributed by atoms with Crippen molar-refractivity contribution in [1.82, 2.24) is 15.5 Å². The first-order valence-corrected chi connectivity index (χ1v) is 6.28. The molecule has 0 spiro atoms. The lowest BCUT2D eigenvalue weighted by Crippen LogP contribution is -2.21. The monoisotopic (exact) mass is 282 g/mol. The van der Waals surface area contributed by atoms with Gasteiger partial charge in [-0.3, -0.25) is 0 Å². The van der Waals surface area contributed by atoms with Crippen LogP contribution in [0.25, 0.3) is 0 Å². The second-order valence-electron chi connectivity index (χ2n) is 4.63. The van der Waals surface area contributed by atoms with Crippen LogP contribution in [-0.4, -0.2) is 16.2 Å². The molecule has 2 aromatic rings.